The van der Waals surface area contributed by atoms with Crippen LogP contribution in [-0.2, 0) is 16.4 Å². The number of nitrogens with one attached hydrogen (secondary N) is 1. The first kappa shape index (κ1) is 15.6. The van der Waals surface area contributed by atoms with Gasteiger partial charge in [0.1, 0.15) is 5.82 Å². The number of pyridine rings is 1. The Morgan fingerprint density at radius 3 is 2.67 bits per heavy atom. The van der Waals surface area contributed by atoms with Gasteiger partial charge in [0, 0.05) is 12.2 Å². The summed E-state index contributed by atoms with van der Waals surface area (Å²) in [6.07, 6.45) is 3.14. The van der Waals surface area contributed by atoms with Crippen molar-refractivity contribution >= 4 is 10.0 Å². The van der Waals surface area contributed by atoms with E-state index in [0.29, 0.717) is 12.0 Å². The van der Waals surface area contributed by atoms with Crippen LogP contribution in [0.1, 0.15) is 31.0 Å². The number of benzene rings is 1. The Morgan fingerprint density at radius 1 is 1.29 bits per heavy atom. The monoisotopic (exact) mass is 308 g/mol. The number of halogens is 1. The summed E-state index contributed by atoms with van der Waals surface area (Å²) in [4.78, 5) is 3.99. The minimum atomic E-state index is -3.66. The van der Waals surface area contributed by atoms with Crippen molar-refractivity contribution in [1.82, 2.24) is 9.71 Å². The molecule has 4 nitrogen and oxygen atoms in total. The van der Waals surface area contributed by atoms with Gasteiger partial charge in [-0.15, -0.1) is 0 Å². The van der Waals surface area contributed by atoms with Crippen molar-refractivity contribution in [2.24, 2.45) is 0 Å². The fraction of sp³-hybridized carbons (Fsp3) is 0.267. The van der Waals surface area contributed by atoms with E-state index in [1.807, 2.05) is 6.92 Å². The summed E-state index contributed by atoms with van der Waals surface area (Å²) in [5, 5.41) is 0. The van der Waals surface area contributed by atoms with Crippen LogP contribution in [-0.4, -0.2) is 13.4 Å². The summed E-state index contributed by atoms with van der Waals surface area (Å²) in [6, 6.07) is 7.54. The largest absolute Gasteiger partial charge is 0.261 e. The highest BCUT2D eigenvalue weighted by atomic mass is 32.2. The highest BCUT2D eigenvalue weighted by molar-refractivity contribution is 7.89. The average Bonchev–Trinajstić information content (AvgIpc) is 2.46. The van der Waals surface area contributed by atoms with Crippen molar-refractivity contribution in [3.05, 3.63) is 59.7 Å². The molecule has 6 heteroatoms. The average molecular weight is 308 g/mol. The smallest absolute Gasteiger partial charge is 0.241 e. The molecule has 0 aliphatic rings. The third kappa shape index (κ3) is 3.65. The number of sulfonamides is 1. The van der Waals surface area contributed by atoms with Gasteiger partial charge in [0.15, 0.2) is 0 Å². The predicted molar refractivity (Wildman–Crippen MR) is 78.8 cm³/mol. The third-order valence-electron chi connectivity index (χ3n) is 3.20. The maximum absolute atomic E-state index is 13.2. The first-order valence-corrected chi connectivity index (χ1v) is 8.13. The van der Waals surface area contributed by atoms with Crippen LogP contribution < -0.4 is 4.72 Å². The highest BCUT2D eigenvalue weighted by Crippen LogP contribution is 2.20. The molecule has 1 heterocycles. The van der Waals surface area contributed by atoms with Crippen molar-refractivity contribution in [3.8, 4) is 0 Å². The van der Waals surface area contributed by atoms with E-state index in [0.717, 1.165) is 11.8 Å². The standard InChI is InChI=1S/C15H17FN2O2S/c1-3-12-6-4-5-7-15(12)21(19,20)18-11(2)13-8-14(16)10-17-9-13/h4-11,18H,3H2,1-2H3/t11-/m1/s1. The maximum Gasteiger partial charge on any atom is 0.241 e. The topological polar surface area (TPSA) is 59.1 Å². The molecule has 2 rings (SSSR count). The van der Waals surface area contributed by atoms with E-state index in [2.05, 4.69) is 9.71 Å². The normalized spacial score (nSPS) is 13.1. The van der Waals surface area contributed by atoms with Crippen LogP contribution in [0, 0.1) is 5.82 Å². The molecule has 0 spiro atoms. The first-order valence-electron chi connectivity index (χ1n) is 6.64. The molecule has 0 saturated heterocycles. The summed E-state index contributed by atoms with van der Waals surface area (Å²) in [5.41, 5.74) is 1.22. The molecule has 2 aromatic rings. The number of hydrogen-bond donors (Lipinski definition) is 1. The van der Waals surface area contributed by atoms with Gasteiger partial charge in [-0.2, -0.15) is 0 Å². The van der Waals surface area contributed by atoms with Gasteiger partial charge in [0.05, 0.1) is 11.1 Å². The second-order valence-electron chi connectivity index (χ2n) is 4.74. The van der Waals surface area contributed by atoms with E-state index in [9.17, 15) is 12.8 Å². The van der Waals surface area contributed by atoms with Crippen LogP contribution in [0.5, 0.6) is 0 Å². The molecule has 0 fully saturated rings. The Bertz CT molecular complexity index is 732. The summed E-state index contributed by atoms with van der Waals surface area (Å²) in [6.45, 7) is 3.55. The molecule has 0 saturated carbocycles. The summed E-state index contributed by atoms with van der Waals surface area (Å²) in [5.74, 6) is -0.493. The molecule has 1 atom stereocenters. The zero-order valence-electron chi connectivity index (χ0n) is 11.9. The minimum absolute atomic E-state index is 0.253. The van der Waals surface area contributed by atoms with Gasteiger partial charge in [-0.25, -0.2) is 17.5 Å². The lowest BCUT2D eigenvalue weighted by Gasteiger charge is -2.16. The third-order valence-corrected chi connectivity index (χ3v) is 4.84. The summed E-state index contributed by atoms with van der Waals surface area (Å²) in [7, 11) is -3.66. The fourth-order valence-corrected chi connectivity index (χ4v) is 3.63. The van der Waals surface area contributed by atoms with Gasteiger partial charge in [0.25, 0.3) is 0 Å². The van der Waals surface area contributed by atoms with Crippen molar-refractivity contribution in [3.63, 3.8) is 0 Å². The Morgan fingerprint density at radius 2 is 2.00 bits per heavy atom. The predicted octanol–water partition coefficient (Wildman–Crippen LogP) is 2.82. The lowest BCUT2D eigenvalue weighted by molar-refractivity contribution is 0.562. The minimum Gasteiger partial charge on any atom is -0.261 e. The van der Waals surface area contributed by atoms with Crippen LogP contribution in [0.25, 0.3) is 0 Å². The molecule has 0 amide bonds. The molecule has 0 radical (unpaired) electrons. The van der Waals surface area contributed by atoms with E-state index < -0.39 is 21.9 Å². The Hall–Kier alpha value is -1.79. The molecule has 112 valence electrons. The van der Waals surface area contributed by atoms with Crippen molar-refractivity contribution < 1.29 is 12.8 Å². The SMILES string of the molecule is CCc1ccccc1S(=O)(=O)N[C@H](C)c1cncc(F)c1. The molecule has 0 aliphatic heterocycles. The molecule has 21 heavy (non-hydrogen) atoms. The molecule has 1 aromatic heterocycles. The fourth-order valence-electron chi connectivity index (χ4n) is 2.09. The van der Waals surface area contributed by atoms with Crippen LogP contribution in [0.15, 0.2) is 47.6 Å². The van der Waals surface area contributed by atoms with Gasteiger partial charge >= 0.3 is 0 Å². The number of nitrogens with zero attached hydrogens (tertiary/aromatic N) is 1. The van der Waals surface area contributed by atoms with E-state index in [1.54, 1.807) is 31.2 Å². The molecule has 1 aromatic carbocycles. The molecule has 0 unspecified atom stereocenters. The van der Waals surface area contributed by atoms with Crippen LogP contribution in [0.2, 0.25) is 0 Å². The Kier molecular flexibility index (Phi) is 4.69. The van der Waals surface area contributed by atoms with E-state index in [1.165, 1.54) is 12.3 Å². The first-order chi connectivity index (χ1) is 9.94. The lowest BCUT2D eigenvalue weighted by atomic mass is 10.2. The van der Waals surface area contributed by atoms with Crippen molar-refractivity contribution in [2.75, 3.05) is 0 Å². The van der Waals surface area contributed by atoms with Crippen molar-refractivity contribution in [1.29, 1.82) is 0 Å². The molecular formula is C15H17FN2O2S. The quantitative estimate of drug-likeness (QED) is 0.924. The van der Waals surface area contributed by atoms with E-state index >= 15 is 0 Å². The van der Waals surface area contributed by atoms with E-state index in [4.69, 9.17) is 0 Å². The number of aryl methyl sites for hydroxylation is 1. The zero-order valence-corrected chi connectivity index (χ0v) is 12.7. The number of rotatable bonds is 5. The molecular weight excluding hydrogens is 291 g/mol. The summed E-state index contributed by atoms with van der Waals surface area (Å²) >= 11 is 0. The molecule has 1 N–H and O–H groups in total. The van der Waals surface area contributed by atoms with Crippen molar-refractivity contribution in [2.45, 2.75) is 31.2 Å². The summed E-state index contributed by atoms with van der Waals surface area (Å²) < 4.78 is 40.6. The van der Waals surface area contributed by atoms with Crippen LogP contribution >= 0.6 is 0 Å². The van der Waals surface area contributed by atoms with Crippen LogP contribution in [0.3, 0.4) is 0 Å². The Labute approximate surface area is 124 Å². The van der Waals surface area contributed by atoms with Gasteiger partial charge in [-0.3, -0.25) is 4.98 Å². The van der Waals surface area contributed by atoms with Gasteiger partial charge in [-0.1, -0.05) is 25.1 Å². The van der Waals surface area contributed by atoms with E-state index in [-0.39, 0.29) is 4.90 Å². The molecule has 0 aliphatic carbocycles. The van der Waals surface area contributed by atoms with Gasteiger partial charge < -0.3 is 0 Å². The maximum atomic E-state index is 13.2. The second kappa shape index (κ2) is 6.32. The Balaban J connectivity index is 2.29. The van der Waals surface area contributed by atoms with Crippen LogP contribution in [0.4, 0.5) is 4.39 Å². The second-order valence-corrected chi connectivity index (χ2v) is 6.42. The van der Waals surface area contributed by atoms with Gasteiger partial charge in [-0.05, 0) is 36.6 Å². The zero-order chi connectivity index (χ0) is 15.5. The number of aromatic nitrogens is 1. The number of hydrogen-bond acceptors (Lipinski definition) is 3. The highest BCUT2D eigenvalue weighted by Gasteiger charge is 2.21. The van der Waals surface area contributed by atoms with Gasteiger partial charge in [0.2, 0.25) is 10.0 Å². The lowest BCUT2D eigenvalue weighted by Crippen LogP contribution is -2.27. The molecule has 0 bridgehead atoms.